The summed E-state index contributed by atoms with van der Waals surface area (Å²) in [4.78, 5) is 1.45. The molecule has 0 bridgehead atoms. The SMILES string of the molecule is C=CCOCC(Br)C(Br)C(Br)C(Br)CC. The number of ether oxygens (including phenoxy) is 1. The molecular formula is C10H16Br4O. The van der Waals surface area contributed by atoms with E-state index in [4.69, 9.17) is 4.74 Å². The molecule has 0 saturated carbocycles. The van der Waals surface area contributed by atoms with E-state index in [0.717, 1.165) is 6.42 Å². The molecule has 1 nitrogen and oxygen atoms in total. The first-order valence-electron chi connectivity index (χ1n) is 4.79. The summed E-state index contributed by atoms with van der Waals surface area (Å²) in [6.07, 6.45) is 2.85. The van der Waals surface area contributed by atoms with Crippen molar-refractivity contribution >= 4 is 63.7 Å². The molecule has 0 aromatic heterocycles. The second kappa shape index (κ2) is 9.63. The smallest absolute Gasteiger partial charge is 0.0645 e. The van der Waals surface area contributed by atoms with Gasteiger partial charge in [0.05, 0.1) is 18.0 Å². The molecule has 0 aliphatic carbocycles. The minimum Gasteiger partial charge on any atom is -0.376 e. The summed E-state index contributed by atoms with van der Waals surface area (Å²) in [7, 11) is 0. The number of hydrogen-bond acceptors (Lipinski definition) is 1. The minimum atomic E-state index is 0.286. The third-order valence-corrected chi connectivity index (χ3v) is 8.49. The van der Waals surface area contributed by atoms with Crippen LogP contribution in [0.5, 0.6) is 0 Å². The quantitative estimate of drug-likeness (QED) is 0.284. The fourth-order valence-electron chi connectivity index (χ4n) is 0.980. The van der Waals surface area contributed by atoms with Crippen molar-refractivity contribution in [3.8, 4) is 0 Å². The predicted octanol–water partition coefficient (Wildman–Crippen LogP) is 4.65. The van der Waals surface area contributed by atoms with Gasteiger partial charge in [-0.1, -0.05) is 76.7 Å². The number of rotatable bonds is 8. The highest BCUT2D eigenvalue weighted by atomic mass is 79.9. The maximum atomic E-state index is 5.40. The first-order chi connectivity index (χ1) is 7.04. The van der Waals surface area contributed by atoms with Gasteiger partial charge in [-0.05, 0) is 6.42 Å². The van der Waals surface area contributed by atoms with Crippen molar-refractivity contribution in [1.82, 2.24) is 0 Å². The standard InChI is InChI=1S/C10H16Br4O/c1-3-5-15-6-8(12)10(14)9(13)7(11)4-2/h3,7-10H,1,4-6H2,2H3. The van der Waals surface area contributed by atoms with Gasteiger partial charge < -0.3 is 4.74 Å². The third kappa shape index (κ3) is 6.81. The summed E-state index contributed by atoms with van der Waals surface area (Å²) in [6.45, 7) is 7.04. The van der Waals surface area contributed by atoms with Gasteiger partial charge in [-0.15, -0.1) is 6.58 Å². The number of halogens is 4. The molecule has 4 unspecified atom stereocenters. The molecule has 0 amide bonds. The van der Waals surface area contributed by atoms with Crippen molar-refractivity contribution < 1.29 is 4.74 Å². The minimum absolute atomic E-state index is 0.286. The van der Waals surface area contributed by atoms with E-state index in [2.05, 4.69) is 77.2 Å². The Morgan fingerprint density at radius 1 is 1.13 bits per heavy atom. The molecule has 0 radical (unpaired) electrons. The van der Waals surface area contributed by atoms with Gasteiger partial charge in [-0.3, -0.25) is 0 Å². The van der Waals surface area contributed by atoms with E-state index in [-0.39, 0.29) is 4.83 Å². The van der Waals surface area contributed by atoms with Gasteiger partial charge in [-0.2, -0.15) is 0 Å². The lowest BCUT2D eigenvalue weighted by Gasteiger charge is -2.24. The van der Waals surface area contributed by atoms with Crippen LogP contribution in [0.1, 0.15) is 13.3 Å². The number of alkyl halides is 4. The van der Waals surface area contributed by atoms with Gasteiger partial charge >= 0.3 is 0 Å². The van der Waals surface area contributed by atoms with Crippen molar-refractivity contribution in [3.63, 3.8) is 0 Å². The zero-order valence-electron chi connectivity index (χ0n) is 8.64. The molecule has 15 heavy (non-hydrogen) atoms. The van der Waals surface area contributed by atoms with Crippen LogP contribution in [-0.4, -0.2) is 32.5 Å². The number of hydrogen-bond donors (Lipinski definition) is 0. The predicted molar refractivity (Wildman–Crippen MR) is 82.2 cm³/mol. The molecule has 5 heteroatoms. The van der Waals surface area contributed by atoms with Gasteiger partial charge in [0.2, 0.25) is 0 Å². The average molecular weight is 472 g/mol. The molecule has 0 heterocycles. The second-order valence-corrected chi connectivity index (χ2v) is 7.62. The fraction of sp³-hybridized carbons (Fsp3) is 0.800. The van der Waals surface area contributed by atoms with Crippen LogP contribution in [-0.2, 0) is 4.74 Å². The summed E-state index contributed by atoms with van der Waals surface area (Å²) in [6, 6.07) is 0. The molecule has 0 aliphatic heterocycles. The molecule has 0 N–H and O–H groups in total. The van der Waals surface area contributed by atoms with E-state index in [1.54, 1.807) is 6.08 Å². The molecule has 0 fully saturated rings. The Balaban J connectivity index is 3.95. The zero-order valence-corrected chi connectivity index (χ0v) is 15.0. The van der Waals surface area contributed by atoms with Crippen LogP contribution in [0.4, 0.5) is 0 Å². The van der Waals surface area contributed by atoms with Crippen molar-refractivity contribution in [2.24, 2.45) is 0 Å². The highest BCUT2D eigenvalue weighted by Crippen LogP contribution is 2.30. The van der Waals surface area contributed by atoms with Gasteiger partial charge in [0, 0.05) is 14.5 Å². The Hall–Kier alpha value is 1.62. The Labute approximate surface area is 126 Å². The molecular weight excluding hydrogens is 456 g/mol. The van der Waals surface area contributed by atoms with Crippen LogP contribution in [0.25, 0.3) is 0 Å². The Morgan fingerprint density at radius 3 is 2.13 bits per heavy atom. The summed E-state index contributed by atoms with van der Waals surface area (Å²) >= 11 is 14.6. The Morgan fingerprint density at radius 2 is 1.67 bits per heavy atom. The van der Waals surface area contributed by atoms with Crippen LogP contribution in [0, 0.1) is 0 Å². The van der Waals surface area contributed by atoms with Crippen LogP contribution in [0.2, 0.25) is 0 Å². The van der Waals surface area contributed by atoms with E-state index < -0.39 is 0 Å². The largest absolute Gasteiger partial charge is 0.376 e. The van der Waals surface area contributed by atoms with Crippen molar-refractivity contribution in [2.75, 3.05) is 13.2 Å². The molecule has 0 aromatic carbocycles. The zero-order chi connectivity index (χ0) is 11.8. The maximum absolute atomic E-state index is 5.40. The molecule has 0 aliphatic rings. The monoisotopic (exact) mass is 468 g/mol. The van der Waals surface area contributed by atoms with Crippen molar-refractivity contribution in [2.45, 2.75) is 32.7 Å². The van der Waals surface area contributed by atoms with E-state index in [9.17, 15) is 0 Å². The van der Waals surface area contributed by atoms with Crippen LogP contribution >= 0.6 is 63.7 Å². The van der Waals surface area contributed by atoms with Crippen LogP contribution < -0.4 is 0 Å². The summed E-state index contributed by atoms with van der Waals surface area (Å²) in [5, 5.41) is 0. The fourth-order valence-corrected chi connectivity index (χ4v) is 3.91. The van der Waals surface area contributed by atoms with E-state index in [0.29, 0.717) is 27.7 Å². The lowest BCUT2D eigenvalue weighted by atomic mass is 10.1. The Kier molecular flexibility index (Phi) is 10.7. The highest BCUT2D eigenvalue weighted by Gasteiger charge is 2.28. The van der Waals surface area contributed by atoms with Crippen LogP contribution in [0.15, 0.2) is 12.7 Å². The molecule has 0 aromatic rings. The molecule has 90 valence electrons. The molecule has 0 rings (SSSR count). The third-order valence-electron chi connectivity index (χ3n) is 1.90. The van der Waals surface area contributed by atoms with Crippen molar-refractivity contribution in [1.29, 1.82) is 0 Å². The van der Waals surface area contributed by atoms with Gasteiger partial charge in [-0.25, -0.2) is 0 Å². The second-order valence-electron chi connectivity index (χ2n) is 3.16. The van der Waals surface area contributed by atoms with Gasteiger partial charge in [0.1, 0.15) is 0 Å². The summed E-state index contributed by atoms with van der Waals surface area (Å²) in [5.74, 6) is 0. The summed E-state index contributed by atoms with van der Waals surface area (Å²) < 4.78 is 5.40. The van der Waals surface area contributed by atoms with E-state index >= 15 is 0 Å². The van der Waals surface area contributed by atoms with Gasteiger partial charge in [0.15, 0.2) is 0 Å². The van der Waals surface area contributed by atoms with Crippen molar-refractivity contribution in [3.05, 3.63) is 12.7 Å². The molecule has 4 atom stereocenters. The molecule has 0 spiro atoms. The normalized spacial score (nSPS) is 19.3. The molecule has 0 saturated heterocycles. The highest BCUT2D eigenvalue weighted by molar-refractivity contribution is 9.14. The maximum Gasteiger partial charge on any atom is 0.0645 e. The lowest BCUT2D eigenvalue weighted by Crippen LogP contribution is -2.33. The average Bonchev–Trinajstić information content (AvgIpc) is 2.26. The van der Waals surface area contributed by atoms with Gasteiger partial charge in [0.25, 0.3) is 0 Å². The van der Waals surface area contributed by atoms with E-state index in [1.807, 2.05) is 0 Å². The first kappa shape index (κ1) is 16.6. The summed E-state index contributed by atoms with van der Waals surface area (Å²) in [5.41, 5.74) is 0. The van der Waals surface area contributed by atoms with Crippen LogP contribution in [0.3, 0.4) is 0 Å². The lowest BCUT2D eigenvalue weighted by molar-refractivity contribution is 0.164. The van der Waals surface area contributed by atoms with E-state index in [1.165, 1.54) is 0 Å². The Bertz CT molecular complexity index is 177. The first-order valence-corrected chi connectivity index (χ1v) is 8.45. The topological polar surface area (TPSA) is 9.23 Å².